The molecule has 2 heterocycles. The molecule has 0 bridgehead atoms. The highest BCUT2D eigenvalue weighted by molar-refractivity contribution is 7.17. The van der Waals surface area contributed by atoms with Crippen molar-refractivity contribution in [3.63, 3.8) is 0 Å². The van der Waals surface area contributed by atoms with Crippen LogP contribution in [0.1, 0.15) is 67.3 Å². The molecule has 0 saturated heterocycles. The van der Waals surface area contributed by atoms with E-state index < -0.39 is 11.9 Å². The summed E-state index contributed by atoms with van der Waals surface area (Å²) in [5.41, 5.74) is 2.77. The van der Waals surface area contributed by atoms with Crippen molar-refractivity contribution in [2.24, 2.45) is 0 Å². The molecule has 170 valence electrons. The number of anilines is 2. The first-order valence-corrected chi connectivity index (χ1v) is 12.1. The Balaban J connectivity index is 1.38. The van der Waals surface area contributed by atoms with Crippen molar-refractivity contribution in [3.05, 3.63) is 32.0 Å². The molecule has 0 saturated carbocycles. The molecular weight excluding hydrogens is 452 g/mol. The first-order valence-electron chi connectivity index (χ1n) is 10.5. The Bertz CT molecular complexity index is 1010. The number of ether oxygens (including phenoxy) is 2. The highest BCUT2D eigenvalue weighted by atomic mass is 32.1. The predicted octanol–water partition coefficient (Wildman–Crippen LogP) is 3.72. The number of thiophene rings is 2. The van der Waals surface area contributed by atoms with E-state index in [1.54, 1.807) is 0 Å². The lowest BCUT2D eigenvalue weighted by molar-refractivity contribution is -0.121. The molecule has 2 aromatic rings. The molecule has 0 atom stereocenters. The fraction of sp³-hybridized carbons (Fsp3) is 0.455. The summed E-state index contributed by atoms with van der Waals surface area (Å²) in [7, 11) is 2.64. The summed E-state index contributed by atoms with van der Waals surface area (Å²) in [5, 5.41) is 6.51. The molecule has 4 rings (SSSR count). The molecular formula is C22H24N2O6S2. The number of aryl methyl sites for hydroxylation is 2. The molecule has 0 spiro atoms. The highest BCUT2D eigenvalue weighted by Gasteiger charge is 2.29. The second-order valence-electron chi connectivity index (χ2n) is 7.70. The zero-order valence-corrected chi connectivity index (χ0v) is 19.6. The third kappa shape index (κ3) is 4.29. The molecule has 2 N–H and O–H groups in total. The van der Waals surface area contributed by atoms with Gasteiger partial charge in [-0.15, -0.1) is 22.7 Å². The van der Waals surface area contributed by atoms with Crippen molar-refractivity contribution < 1.29 is 28.7 Å². The summed E-state index contributed by atoms with van der Waals surface area (Å²) in [6.07, 6.45) is 5.23. The number of esters is 2. The molecule has 8 nitrogen and oxygen atoms in total. The van der Waals surface area contributed by atoms with Crippen LogP contribution in [0.25, 0.3) is 0 Å². The van der Waals surface area contributed by atoms with Crippen molar-refractivity contribution in [1.29, 1.82) is 0 Å². The van der Waals surface area contributed by atoms with E-state index in [0.717, 1.165) is 59.4 Å². The van der Waals surface area contributed by atoms with Crippen LogP contribution in [-0.2, 0) is 44.7 Å². The largest absolute Gasteiger partial charge is 0.465 e. The van der Waals surface area contributed by atoms with Gasteiger partial charge in [0, 0.05) is 22.6 Å². The van der Waals surface area contributed by atoms with Gasteiger partial charge in [0.2, 0.25) is 11.8 Å². The van der Waals surface area contributed by atoms with Crippen molar-refractivity contribution >= 4 is 56.4 Å². The molecule has 0 aliphatic heterocycles. The Kier molecular flexibility index (Phi) is 6.61. The number of carbonyl (C=O) groups is 4. The number of hydrogen-bond acceptors (Lipinski definition) is 8. The number of nitrogens with one attached hydrogen (secondary N) is 2. The van der Waals surface area contributed by atoms with E-state index in [2.05, 4.69) is 10.6 Å². The van der Waals surface area contributed by atoms with Crippen LogP contribution >= 0.6 is 22.7 Å². The van der Waals surface area contributed by atoms with Crippen LogP contribution in [0, 0.1) is 0 Å². The third-order valence-corrected chi connectivity index (χ3v) is 8.12. The monoisotopic (exact) mass is 476 g/mol. The average Bonchev–Trinajstić information content (AvgIpc) is 3.52. The minimum Gasteiger partial charge on any atom is -0.465 e. The first-order chi connectivity index (χ1) is 15.4. The molecule has 2 aliphatic rings. The molecule has 0 radical (unpaired) electrons. The minimum absolute atomic E-state index is 0.0480. The Hall–Kier alpha value is -2.72. The maximum Gasteiger partial charge on any atom is 0.341 e. The SMILES string of the molecule is COC(=O)c1c(NC(=O)CCC(=O)Nc2sc3c(c2C(=O)OC)CCC3)sc2c1CCC2. The third-order valence-electron chi connectivity index (χ3n) is 5.71. The topological polar surface area (TPSA) is 111 Å². The second-order valence-corrected chi connectivity index (χ2v) is 9.91. The lowest BCUT2D eigenvalue weighted by Crippen LogP contribution is -2.19. The van der Waals surface area contributed by atoms with Gasteiger partial charge in [0.1, 0.15) is 10.0 Å². The summed E-state index contributed by atoms with van der Waals surface area (Å²) in [4.78, 5) is 51.6. The van der Waals surface area contributed by atoms with E-state index in [1.807, 2.05) is 0 Å². The van der Waals surface area contributed by atoms with Crippen molar-refractivity contribution in [1.82, 2.24) is 0 Å². The number of hydrogen-bond donors (Lipinski definition) is 2. The van der Waals surface area contributed by atoms with Crippen LogP contribution in [0.5, 0.6) is 0 Å². The van der Waals surface area contributed by atoms with Crippen molar-refractivity contribution in [2.75, 3.05) is 24.9 Å². The van der Waals surface area contributed by atoms with Crippen molar-refractivity contribution in [3.8, 4) is 0 Å². The minimum atomic E-state index is -0.460. The normalized spacial score (nSPS) is 13.9. The Labute approximate surface area is 193 Å². The van der Waals surface area contributed by atoms with E-state index >= 15 is 0 Å². The van der Waals surface area contributed by atoms with E-state index in [9.17, 15) is 19.2 Å². The summed E-state index contributed by atoms with van der Waals surface area (Å²) >= 11 is 2.79. The molecule has 10 heteroatoms. The lowest BCUT2D eigenvalue weighted by Gasteiger charge is -2.08. The van der Waals surface area contributed by atoms with Gasteiger partial charge in [0.15, 0.2) is 0 Å². The van der Waals surface area contributed by atoms with Crippen LogP contribution in [0.3, 0.4) is 0 Å². The molecule has 32 heavy (non-hydrogen) atoms. The zero-order chi connectivity index (χ0) is 22.8. The Morgan fingerprint density at radius 3 is 1.50 bits per heavy atom. The van der Waals surface area contributed by atoms with Gasteiger partial charge in [-0.3, -0.25) is 9.59 Å². The van der Waals surface area contributed by atoms with Gasteiger partial charge in [0.25, 0.3) is 0 Å². The molecule has 2 aliphatic carbocycles. The van der Waals surface area contributed by atoms with E-state index in [1.165, 1.54) is 36.9 Å². The fourth-order valence-electron chi connectivity index (χ4n) is 4.23. The average molecular weight is 477 g/mol. The smallest absolute Gasteiger partial charge is 0.341 e. The van der Waals surface area contributed by atoms with Crippen LogP contribution in [0.2, 0.25) is 0 Å². The van der Waals surface area contributed by atoms with E-state index in [-0.39, 0.29) is 24.7 Å². The van der Waals surface area contributed by atoms with Gasteiger partial charge in [-0.1, -0.05) is 0 Å². The maximum atomic E-state index is 12.5. The number of fused-ring (bicyclic) bond motifs is 2. The number of amides is 2. The second kappa shape index (κ2) is 9.41. The molecule has 0 fully saturated rings. The van der Waals surface area contributed by atoms with Crippen LogP contribution < -0.4 is 10.6 Å². The maximum absolute atomic E-state index is 12.5. The van der Waals surface area contributed by atoms with Crippen LogP contribution in [0.15, 0.2) is 0 Å². The van der Waals surface area contributed by atoms with Crippen LogP contribution in [-0.4, -0.2) is 38.0 Å². The predicted molar refractivity (Wildman–Crippen MR) is 122 cm³/mol. The summed E-state index contributed by atoms with van der Waals surface area (Å²) in [5.74, 6) is -1.63. The summed E-state index contributed by atoms with van der Waals surface area (Å²) < 4.78 is 9.78. The zero-order valence-electron chi connectivity index (χ0n) is 17.9. The van der Waals surface area contributed by atoms with Gasteiger partial charge < -0.3 is 20.1 Å². The standard InChI is InChI=1S/C22H24N2O6S2/c1-29-21(27)17-11-5-3-7-13(11)31-19(17)23-15(25)9-10-16(26)24-20-18(22(28)30-2)12-6-4-8-14(12)32-20/h3-10H2,1-2H3,(H,23,25)(H,24,26). The first kappa shape index (κ1) is 22.5. The Morgan fingerprint density at radius 1 is 0.719 bits per heavy atom. The molecule has 0 aromatic carbocycles. The Morgan fingerprint density at radius 2 is 1.12 bits per heavy atom. The van der Waals surface area contributed by atoms with Gasteiger partial charge in [0.05, 0.1) is 25.3 Å². The number of carbonyl (C=O) groups excluding carboxylic acids is 4. The summed E-state index contributed by atoms with van der Waals surface area (Å²) in [6.45, 7) is 0. The van der Waals surface area contributed by atoms with Crippen molar-refractivity contribution in [2.45, 2.75) is 51.4 Å². The van der Waals surface area contributed by atoms with Gasteiger partial charge >= 0.3 is 11.9 Å². The number of methoxy groups -OCH3 is 2. The van der Waals surface area contributed by atoms with Gasteiger partial charge in [-0.05, 0) is 49.7 Å². The fourth-order valence-corrected chi connectivity index (χ4v) is 6.81. The van der Waals surface area contributed by atoms with Gasteiger partial charge in [-0.25, -0.2) is 9.59 Å². The summed E-state index contributed by atoms with van der Waals surface area (Å²) in [6, 6.07) is 0. The van der Waals surface area contributed by atoms with E-state index in [4.69, 9.17) is 9.47 Å². The molecule has 0 unspecified atom stereocenters. The van der Waals surface area contributed by atoms with Crippen LogP contribution in [0.4, 0.5) is 10.0 Å². The van der Waals surface area contributed by atoms with Gasteiger partial charge in [-0.2, -0.15) is 0 Å². The molecule has 2 aromatic heterocycles. The van der Waals surface area contributed by atoms with E-state index in [0.29, 0.717) is 21.1 Å². The highest BCUT2D eigenvalue weighted by Crippen LogP contribution is 2.40. The lowest BCUT2D eigenvalue weighted by atomic mass is 10.1. The quantitative estimate of drug-likeness (QED) is 0.590. The molecule has 2 amide bonds. The number of rotatable bonds is 7.